The summed E-state index contributed by atoms with van der Waals surface area (Å²) in [6.07, 6.45) is 5.52. The molecule has 2 unspecified atom stereocenters. The van der Waals surface area contributed by atoms with E-state index in [9.17, 15) is 4.79 Å². The molecule has 1 fully saturated rings. The van der Waals surface area contributed by atoms with Gasteiger partial charge >= 0.3 is 0 Å². The van der Waals surface area contributed by atoms with Crippen molar-refractivity contribution < 1.29 is 9.53 Å². The molecule has 1 aromatic carbocycles. The predicted molar refractivity (Wildman–Crippen MR) is 71.1 cm³/mol. The van der Waals surface area contributed by atoms with Crippen LogP contribution in [0.4, 0.5) is 0 Å². The highest BCUT2D eigenvalue weighted by molar-refractivity contribution is 6.01. The molecule has 1 aliphatic heterocycles. The van der Waals surface area contributed by atoms with Crippen molar-refractivity contribution in [3.63, 3.8) is 0 Å². The maximum atomic E-state index is 12.6. The van der Waals surface area contributed by atoms with Gasteiger partial charge in [-0.2, -0.15) is 0 Å². The molecular formula is C16H20O2. The van der Waals surface area contributed by atoms with E-state index >= 15 is 0 Å². The van der Waals surface area contributed by atoms with Crippen LogP contribution in [0.15, 0.2) is 18.2 Å². The zero-order valence-corrected chi connectivity index (χ0v) is 10.9. The number of hydrogen-bond donors (Lipinski definition) is 0. The van der Waals surface area contributed by atoms with Gasteiger partial charge in [-0.05, 0) is 43.2 Å². The molecule has 0 aromatic heterocycles. The van der Waals surface area contributed by atoms with Crippen molar-refractivity contribution in [1.29, 1.82) is 0 Å². The standard InChI is InChI=1S/C16H20O2/c1-11-5-2-8-13(11)15(17)14-9-3-6-12-7-4-10-18-16(12)14/h3,6,9,11,13H,2,4-5,7-8,10H2,1H3. The van der Waals surface area contributed by atoms with E-state index in [0.29, 0.717) is 11.7 Å². The first-order chi connectivity index (χ1) is 8.77. The maximum absolute atomic E-state index is 12.6. The number of ether oxygens (including phenoxy) is 1. The lowest BCUT2D eigenvalue weighted by Crippen LogP contribution is -2.20. The van der Waals surface area contributed by atoms with Gasteiger partial charge in [0.2, 0.25) is 0 Å². The quantitative estimate of drug-likeness (QED) is 0.743. The fourth-order valence-electron chi connectivity index (χ4n) is 3.32. The van der Waals surface area contributed by atoms with Crippen molar-refractivity contribution in [2.75, 3.05) is 6.61 Å². The molecule has 2 heteroatoms. The minimum Gasteiger partial charge on any atom is -0.493 e. The van der Waals surface area contributed by atoms with Gasteiger partial charge in [-0.15, -0.1) is 0 Å². The van der Waals surface area contributed by atoms with Crippen LogP contribution < -0.4 is 4.74 Å². The third-order valence-electron chi connectivity index (χ3n) is 4.40. The Hall–Kier alpha value is -1.31. The average Bonchev–Trinajstić information content (AvgIpc) is 2.83. The summed E-state index contributed by atoms with van der Waals surface area (Å²) in [5.41, 5.74) is 2.03. The van der Waals surface area contributed by atoms with E-state index in [2.05, 4.69) is 13.0 Å². The van der Waals surface area contributed by atoms with Gasteiger partial charge in [-0.1, -0.05) is 25.5 Å². The molecule has 2 atom stereocenters. The molecule has 3 rings (SSSR count). The Bertz CT molecular complexity index is 464. The summed E-state index contributed by atoms with van der Waals surface area (Å²) in [6.45, 7) is 2.95. The van der Waals surface area contributed by atoms with Crippen LogP contribution in [-0.2, 0) is 6.42 Å². The number of benzene rings is 1. The van der Waals surface area contributed by atoms with Gasteiger partial charge in [0.05, 0.1) is 12.2 Å². The third kappa shape index (κ3) is 1.94. The molecular weight excluding hydrogens is 224 g/mol. The second-order valence-electron chi connectivity index (χ2n) is 5.62. The van der Waals surface area contributed by atoms with Crippen molar-refractivity contribution >= 4 is 5.78 Å². The Labute approximate surface area is 108 Å². The highest BCUT2D eigenvalue weighted by atomic mass is 16.5. The zero-order chi connectivity index (χ0) is 12.5. The Morgan fingerprint density at radius 2 is 2.17 bits per heavy atom. The summed E-state index contributed by atoms with van der Waals surface area (Å²) in [4.78, 5) is 12.6. The van der Waals surface area contributed by atoms with Crippen molar-refractivity contribution in [2.24, 2.45) is 11.8 Å². The second kappa shape index (κ2) is 4.75. The van der Waals surface area contributed by atoms with Crippen molar-refractivity contribution in [3.8, 4) is 5.75 Å². The Balaban J connectivity index is 1.94. The second-order valence-corrected chi connectivity index (χ2v) is 5.62. The molecule has 0 spiro atoms. The summed E-state index contributed by atoms with van der Waals surface area (Å²) >= 11 is 0. The van der Waals surface area contributed by atoms with Crippen LogP contribution in [0, 0.1) is 11.8 Å². The van der Waals surface area contributed by atoms with Gasteiger partial charge < -0.3 is 4.74 Å². The first-order valence-corrected chi connectivity index (χ1v) is 7.06. The monoisotopic (exact) mass is 244 g/mol. The van der Waals surface area contributed by atoms with Gasteiger partial charge in [-0.25, -0.2) is 0 Å². The van der Waals surface area contributed by atoms with E-state index in [1.54, 1.807) is 0 Å². The van der Waals surface area contributed by atoms with Crippen LogP contribution in [0.2, 0.25) is 0 Å². The minimum absolute atomic E-state index is 0.210. The first-order valence-electron chi connectivity index (χ1n) is 7.06. The number of ketones is 1. The third-order valence-corrected chi connectivity index (χ3v) is 4.40. The number of carbonyl (C=O) groups excluding carboxylic acids is 1. The topological polar surface area (TPSA) is 26.3 Å². The molecule has 2 nitrogen and oxygen atoms in total. The molecule has 2 aliphatic rings. The fraction of sp³-hybridized carbons (Fsp3) is 0.562. The molecule has 96 valence electrons. The number of rotatable bonds is 2. The highest BCUT2D eigenvalue weighted by Crippen LogP contribution is 2.37. The molecule has 0 saturated heterocycles. The first kappa shape index (κ1) is 11.8. The predicted octanol–water partition coefficient (Wildman–Crippen LogP) is 3.63. The molecule has 1 aliphatic carbocycles. The minimum atomic E-state index is 0.210. The molecule has 0 N–H and O–H groups in total. The molecule has 1 aromatic rings. The van der Waals surface area contributed by atoms with Crippen molar-refractivity contribution in [2.45, 2.75) is 39.0 Å². The van der Waals surface area contributed by atoms with Crippen LogP contribution in [0.3, 0.4) is 0 Å². The fourth-order valence-corrected chi connectivity index (χ4v) is 3.32. The van der Waals surface area contributed by atoms with Gasteiger partial charge in [0.25, 0.3) is 0 Å². The number of hydrogen-bond acceptors (Lipinski definition) is 2. The molecule has 1 heterocycles. The van der Waals surface area contributed by atoms with Gasteiger partial charge in [-0.3, -0.25) is 4.79 Å². The maximum Gasteiger partial charge on any atom is 0.169 e. The lowest BCUT2D eigenvalue weighted by molar-refractivity contribution is 0.0892. The van der Waals surface area contributed by atoms with Crippen molar-refractivity contribution in [1.82, 2.24) is 0 Å². The Morgan fingerprint density at radius 3 is 2.94 bits per heavy atom. The van der Waals surface area contributed by atoms with Crippen LogP contribution in [0.5, 0.6) is 5.75 Å². The van der Waals surface area contributed by atoms with Crippen LogP contribution >= 0.6 is 0 Å². The molecule has 18 heavy (non-hydrogen) atoms. The average molecular weight is 244 g/mol. The molecule has 0 radical (unpaired) electrons. The smallest absolute Gasteiger partial charge is 0.169 e. The van der Waals surface area contributed by atoms with E-state index in [0.717, 1.165) is 37.2 Å². The number of para-hydroxylation sites is 1. The van der Waals surface area contributed by atoms with Crippen LogP contribution in [0.25, 0.3) is 0 Å². The number of aryl methyl sites for hydroxylation is 1. The zero-order valence-electron chi connectivity index (χ0n) is 10.9. The summed E-state index contributed by atoms with van der Waals surface area (Å²) < 4.78 is 5.75. The lowest BCUT2D eigenvalue weighted by Gasteiger charge is -2.22. The van der Waals surface area contributed by atoms with Crippen LogP contribution in [0.1, 0.15) is 48.5 Å². The van der Waals surface area contributed by atoms with Gasteiger partial charge in [0, 0.05) is 5.92 Å². The van der Waals surface area contributed by atoms with E-state index in [1.165, 1.54) is 18.4 Å². The molecule has 0 bridgehead atoms. The lowest BCUT2D eigenvalue weighted by atomic mass is 9.88. The van der Waals surface area contributed by atoms with E-state index in [1.807, 2.05) is 12.1 Å². The normalized spacial score (nSPS) is 26.5. The van der Waals surface area contributed by atoms with Crippen LogP contribution in [-0.4, -0.2) is 12.4 Å². The molecule has 0 amide bonds. The summed E-state index contributed by atoms with van der Waals surface area (Å²) in [6, 6.07) is 6.03. The van der Waals surface area contributed by atoms with Crippen molar-refractivity contribution in [3.05, 3.63) is 29.3 Å². The number of Topliss-reactive ketones (excluding diaryl/α,β-unsaturated/α-hetero) is 1. The largest absolute Gasteiger partial charge is 0.493 e. The van der Waals surface area contributed by atoms with E-state index in [-0.39, 0.29) is 5.92 Å². The number of carbonyl (C=O) groups is 1. The van der Waals surface area contributed by atoms with Gasteiger partial charge in [0.1, 0.15) is 5.75 Å². The SMILES string of the molecule is CC1CCCC1C(=O)c1cccc2c1OCCC2. The highest BCUT2D eigenvalue weighted by Gasteiger charge is 2.32. The van der Waals surface area contributed by atoms with E-state index < -0.39 is 0 Å². The van der Waals surface area contributed by atoms with Gasteiger partial charge in [0.15, 0.2) is 5.78 Å². The number of fused-ring (bicyclic) bond motifs is 1. The van der Waals surface area contributed by atoms with E-state index in [4.69, 9.17) is 4.74 Å². The molecule has 1 saturated carbocycles. The summed E-state index contributed by atoms with van der Waals surface area (Å²) in [7, 11) is 0. The summed E-state index contributed by atoms with van der Waals surface area (Å²) in [5.74, 6) is 1.91. The summed E-state index contributed by atoms with van der Waals surface area (Å²) in [5, 5.41) is 0. The Kier molecular flexibility index (Phi) is 3.11. The Morgan fingerprint density at radius 1 is 1.28 bits per heavy atom.